The van der Waals surface area contributed by atoms with E-state index in [4.69, 9.17) is 10.5 Å². The molecule has 0 aliphatic heterocycles. The number of thiophene rings is 1. The van der Waals surface area contributed by atoms with E-state index in [1.807, 2.05) is 19.1 Å². The fourth-order valence-corrected chi connectivity index (χ4v) is 2.86. The first-order chi connectivity index (χ1) is 9.18. The summed E-state index contributed by atoms with van der Waals surface area (Å²) in [5, 5.41) is 2.10. The Hall–Kier alpha value is -1.16. The topological polar surface area (TPSA) is 35.2 Å². The van der Waals surface area contributed by atoms with Gasteiger partial charge in [-0.05, 0) is 36.4 Å². The Morgan fingerprint density at radius 3 is 2.63 bits per heavy atom. The smallest absolute Gasteiger partial charge is 0.0975 e. The Morgan fingerprint density at radius 2 is 2.00 bits per heavy atom. The summed E-state index contributed by atoms with van der Waals surface area (Å²) in [5.74, 6) is 0. The third-order valence-electron chi connectivity index (χ3n) is 3.20. The van der Waals surface area contributed by atoms with Crippen LogP contribution in [0.5, 0.6) is 0 Å². The van der Waals surface area contributed by atoms with Gasteiger partial charge in [-0.15, -0.1) is 11.3 Å². The van der Waals surface area contributed by atoms with Crippen LogP contribution in [0.2, 0.25) is 0 Å². The van der Waals surface area contributed by atoms with Crippen LogP contribution in [0.25, 0.3) is 0 Å². The first-order valence-electron chi connectivity index (χ1n) is 6.63. The Labute approximate surface area is 119 Å². The molecule has 0 amide bonds. The van der Waals surface area contributed by atoms with Crippen LogP contribution >= 0.6 is 11.3 Å². The van der Waals surface area contributed by atoms with E-state index in [1.54, 1.807) is 11.3 Å². The summed E-state index contributed by atoms with van der Waals surface area (Å²) in [6, 6.07) is 12.5. The standard InChI is InChI=1S/C16H21NOS/c1-12-6-3-4-8-15(12)16(13(2)17)18-10-9-14-7-5-11-19-14/h3-8,11,13,16H,9-10,17H2,1-2H3. The molecule has 0 saturated carbocycles. The predicted octanol–water partition coefficient (Wildman–Crippen LogP) is 3.70. The summed E-state index contributed by atoms with van der Waals surface area (Å²) in [4.78, 5) is 1.35. The van der Waals surface area contributed by atoms with Gasteiger partial charge in [0, 0.05) is 17.3 Å². The Bertz CT molecular complexity index is 493. The highest BCUT2D eigenvalue weighted by Gasteiger charge is 2.18. The van der Waals surface area contributed by atoms with Gasteiger partial charge in [0.1, 0.15) is 0 Å². The van der Waals surface area contributed by atoms with Crippen LogP contribution in [0, 0.1) is 6.92 Å². The van der Waals surface area contributed by atoms with Crippen molar-refractivity contribution in [1.82, 2.24) is 0 Å². The van der Waals surface area contributed by atoms with Gasteiger partial charge in [-0.3, -0.25) is 0 Å². The number of rotatable bonds is 6. The molecule has 2 unspecified atom stereocenters. The number of aryl methyl sites for hydroxylation is 1. The van der Waals surface area contributed by atoms with Crippen LogP contribution < -0.4 is 5.73 Å². The fraction of sp³-hybridized carbons (Fsp3) is 0.375. The third-order valence-corrected chi connectivity index (χ3v) is 4.13. The van der Waals surface area contributed by atoms with Gasteiger partial charge in [-0.25, -0.2) is 0 Å². The Kier molecular flexibility index (Phi) is 5.14. The highest BCUT2D eigenvalue weighted by atomic mass is 32.1. The quantitative estimate of drug-likeness (QED) is 0.872. The number of nitrogens with two attached hydrogens (primary N) is 1. The molecule has 1 heterocycles. The molecule has 2 atom stereocenters. The zero-order valence-electron chi connectivity index (χ0n) is 11.5. The predicted molar refractivity (Wildman–Crippen MR) is 81.5 cm³/mol. The average molecular weight is 275 g/mol. The molecule has 1 aromatic heterocycles. The van der Waals surface area contributed by atoms with Gasteiger partial charge in [0.15, 0.2) is 0 Å². The summed E-state index contributed by atoms with van der Waals surface area (Å²) in [5.41, 5.74) is 8.51. The first kappa shape index (κ1) is 14.3. The Balaban J connectivity index is 1.99. The van der Waals surface area contributed by atoms with Gasteiger partial charge in [0.25, 0.3) is 0 Å². The maximum Gasteiger partial charge on any atom is 0.0975 e. The van der Waals surface area contributed by atoms with Crippen molar-refractivity contribution in [3.63, 3.8) is 0 Å². The molecule has 3 heteroatoms. The highest BCUT2D eigenvalue weighted by molar-refractivity contribution is 7.09. The number of ether oxygens (including phenoxy) is 1. The molecule has 1 aromatic carbocycles. The van der Waals surface area contributed by atoms with Crippen molar-refractivity contribution in [3.8, 4) is 0 Å². The maximum atomic E-state index is 6.07. The highest BCUT2D eigenvalue weighted by Crippen LogP contribution is 2.24. The van der Waals surface area contributed by atoms with Gasteiger partial charge in [0.05, 0.1) is 12.7 Å². The Morgan fingerprint density at radius 1 is 1.21 bits per heavy atom. The second kappa shape index (κ2) is 6.85. The molecule has 2 nitrogen and oxygen atoms in total. The van der Waals surface area contributed by atoms with Gasteiger partial charge in [-0.2, -0.15) is 0 Å². The van der Waals surface area contributed by atoms with Gasteiger partial charge >= 0.3 is 0 Å². The molecular formula is C16H21NOS. The summed E-state index contributed by atoms with van der Waals surface area (Å²) in [6.45, 7) is 4.82. The van der Waals surface area contributed by atoms with E-state index < -0.39 is 0 Å². The normalized spacial score (nSPS) is 14.3. The summed E-state index contributed by atoms with van der Waals surface area (Å²) >= 11 is 1.77. The number of benzene rings is 1. The third kappa shape index (κ3) is 3.90. The van der Waals surface area contributed by atoms with Crippen LogP contribution in [0.3, 0.4) is 0 Å². The van der Waals surface area contributed by atoms with E-state index in [0.717, 1.165) is 6.42 Å². The average Bonchev–Trinajstić information content (AvgIpc) is 2.89. The maximum absolute atomic E-state index is 6.07. The molecule has 0 aliphatic carbocycles. The van der Waals surface area contributed by atoms with Gasteiger partial charge in [-0.1, -0.05) is 30.3 Å². The summed E-state index contributed by atoms with van der Waals surface area (Å²) in [7, 11) is 0. The van der Waals surface area contributed by atoms with Crippen molar-refractivity contribution in [2.45, 2.75) is 32.4 Å². The van der Waals surface area contributed by atoms with E-state index >= 15 is 0 Å². The molecule has 0 aliphatic rings. The summed E-state index contributed by atoms with van der Waals surface area (Å²) < 4.78 is 6.03. The molecule has 2 N–H and O–H groups in total. The van der Waals surface area contributed by atoms with Crippen molar-refractivity contribution in [3.05, 3.63) is 57.8 Å². The van der Waals surface area contributed by atoms with Crippen molar-refractivity contribution < 1.29 is 4.74 Å². The van der Waals surface area contributed by atoms with Crippen molar-refractivity contribution in [2.24, 2.45) is 5.73 Å². The van der Waals surface area contributed by atoms with E-state index in [2.05, 4.69) is 36.6 Å². The first-order valence-corrected chi connectivity index (χ1v) is 7.51. The lowest BCUT2D eigenvalue weighted by Crippen LogP contribution is -2.28. The minimum Gasteiger partial charge on any atom is -0.372 e. The largest absolute Gasteiger partial charge is 0.372 e. The molecule has 0 bridgehead atoms. The molecule has 0 fully saturated rings. The lowest BCUT2D eigenvalue weighted by atomic mass is 9.99. The molecule has 0 spiro atoms. The van der Waals surface area contributed by atoms with Gasteiger partial charge in [0.2, 0.25) is 0 Å². The zero-order valence-corrected chi connectivity index (χ0v) is 12.3. The molecule has 0 saturated heterocycles. The lowest BCUT2D eigenvalue weighted by molar-refractivity contribution is 0.0402. The zero-order chi connectivity index (χ0) is 13.7. The van der Waals surface area contributed by atoms with Crippen molar-refractivity contribution >= 4 is 11.3 Å². The van der Waals surface area contributed by atoms with E-state index in [0.29, 0.717) is 6.61 Å². The number of hydrogen-bond donors (Lipinski definition) is 1. The summed E-state index contributed by atoms with van der Waals surface area (Å²) in [6.07, 6.45) is 0.924. The van der Waals surface area contributed by atoms with E-state index in [1.165, 1.54) is 16.0 Å². The fourth-order valence-electron chi connectivity index (χ4n) is 2.17. The molecule has 0 radical (unpaired) electrons. The van der Waals surface area contributed by atoms with Crippen LogP contribution in [0.4, 0.5) is 0 Å². The number of hydrogen-bond acceptors (Lipinski definition) is 3. The molecule has 19 heavy (non-hydrogen) atoms. The SMILES string of the molecule is Cc1ccccc1C(OCCc1cccs1)C(C)N. The van der Waals surface area contributed by atoms with Crippen LogP contribution in [-0.4, -0.2) is 12.6 Å². The second-order valence-electron chi connectivity index (χ2n) is 4.84. The molecular weight excluding hydrogens is 254 g/mol. The van der Waals surface area contributed by atoms with Crippen LogP contribution in [0.15, 0.2) is 41.8 Å². The van der Waals surface area contributed by atoms with Crippen molar-refractivity contribution in [2.75, 3.05) is 6.61 Å². The van der Waals surface area contributed by atoms with Gasteiger partial charge < -0.3 is 10.5 Å². The lowest BCUT2D eigenvalue weighted by Gasteiger charge is -2.23. The molecule has 2 aromatic rings. The monoisotopic (exact) mass is 275 g/mol. The van der Waals surface area contributed by atoms with E-state index in [-0.39, 0.29) is 12.1 Å². The van der Waals surface area contributed by atoms with E-state index in [9.17, 15) is 0 Å². The van der Waals surface area contributed by atoms with Crippen LogP contribution in [-0.2, 0) is 11.2 Å². The minimum absolute atomic E-state index is 0.00978. The minimum atomic E-state index is -0.0267. The molecule has 102 valence electrons. The van der Waals surface area contributed by atoms with Crippen molar-refractivity contribution in [1.29, 1.82) is 0 Å². The second-order valence-corrected chi connectivity index (χ2v) is 5.87. The van der Waals surface area contributed by atoms with Crippen LogP contribution in [0.1, 0.15) is 29.0 Å². The molecule has 2 rings (SSSR count).